The van der Waals surface area contributed by atoms with Crippen molar-refractivity contribution in [1.82, 2.24) is 24.8 Å². The third kappa shape index (κ3) is 5.86. The lowest BCUT2D eigenvalue weighted by Gasteiger charge is -2.31. The molecule has 0 spiro atoms. The van der Waals surface area contributed by atoms with Crippen LogP contribution in [-0.2, 0) is 9.63 Å². The second-order valence-corrected chi connectivity index (χ2v) is 10.00. The van der Waals surface area contributed by atoms with Crippen molar-refractivity contribution in [2.24, 2.45) is 5.16 Å². The quantitative estimate of drug-likeness (QED) is 0.365. The van der Waals surface area contributed by atoms with Crippen LogP contribution in [0.5, 0.6) is 18.0 Å². The molecule has 0 radical (unpaired) electrons. The molecule has 2 aliphatic heterocycles. The molecule has 1 amide bonds. The minimum Gasteiger partial charge on any atom is -0.467 e. The second-order valence-electron chi connectivity index (χ2n) is 8.70. The van der Waals surface area contributed by atoms with E-state index >= 15 is 0 Å². The number of carbonyl (C=O) groups excluding carboxylic acids is 1. The maximum Gasteiger partial charge on any atom is 0.326 e. The van der Waals surface area contributed by atoms with Crippen LogP contribution in [0, 0.1) is 11.6 Å². The zero-order valence-corrected chi connectivity index (χ0v) is 22.5. The normalized spacial score (nSPS) is 17.5. The number of benzene rings is 1. The minimum absolute atomic E-state index is 0.0171. The summed E-state index contributed by atoms with van der Waals surface area (Å²) in [6, 6.07) is 2.23. The number of piperidine rings is 1. The molecule has 1 aromatic carbocycles. The Kier molecular flexibility index (Phi) is 8.02. The summed E-state index contributed by atoms with van der Waals surface area (Å²) in [6.07, 6.45) is 0.836. The van der Waals surface area contributed by atoms with Gasteiger partial charge in [-0.15, -0.1) is 26.3 Å². The van der Waals surface area contributed by atoms with Crippen molar-refractivity contribution in [2.45, 2.75) is 31.3 Å². The number of aromatic nitrogens is 4. The van der Waals surface area contributed by atoms with E-state index in [4.69, 9.17) is 35.6 Å². The predicted molar refractivity (Wildman–Crippen MR) is 135 cm³/mol. The number of methoxy groups -OCH3 is 2. The molecule has 3 aromatic rings. The Morgan fingerprint density at radius 1 is 1.10 bits per heavy atom. The van der Waals surface area contributed by atoms with E-state index < -0.39 is 17.7 Å². The molecule has 1 saturated heterocycles. The number of rotatable bonds is 8. The summed E-state index contributed by atoms with van der Waals surface area (Å²) in [6.45, 7) is 0.837. The molecule has 1 atom stereocenters. The van der Waals surface area contributed by atoms with Crippen LogP contribution in [0.15, 0.2) is 22.7 Å². The lowest BCUT2D eigenvalue weighted by Crippen LogP contribution is -2.40. The van der Waals surface area contributed by atoms with Gasteiger partial charge in [-0.05, 0) is 25.0 Å². The lowest BCUT2D eigenvalue weighted by molar-refractivity contribution is -0.134. The fourth-order valence-electron chi connectivity index (χ4n) is 4.29. The van der Waals surface area contributed by atoms with Gasteiger partial charge in [0.05, 0.1) is 35.5 Å². The first-order valence-corrected chi connectivity index (χ1v) is 13.2. The smallest absolute Gasteiger partial charge is 0.326 e. The number of nitrogens with zero attached hydrogens (tertiary/aromatic N) is 6. The van der Waals surface area contributed by atoms with Crippen LogP contribution in [0.2, 0.25) is 5.02 Å². The molecule has 2 aromatic heterocycles. The third-order valence-corrected chi connectivity index (χ3v) is 7.69. The first-order valence-electron chi connectivity index (χ1n) is 11.9. The molecule has 11 nitrogen and oxygen atoms in total. The lowest BCUT2D eigenvalue weighted by atomic mass is 9.97. The highest BCUT2D eigenvalue weighted by Gasteiger charge is 2.32. The number of likely N-dealkylation sites (tertiary alicyclic amines) is 1. The predicted octanol–water partition coefficient (Wildman–Crippen LogP) is 3.93. The van der Waals surface area contributed by atoms with Crippen molar-refractivity contribution in [1.29, 1.82) is 0 Å². The molecule has 0 N–H and O–H groups in total. The SMILES string of the molecule is COc1nc(OC)nc(OCC(=O)N2CCC(c3nc(C4=NOC(c5c(Cl)ccc(F)c5F)C4)cs3)CC2)n1. The number of hydrogen-bond acceptors (Lipinski definition) is 11. The average molecular weight is 581 g/mol. The number of thiazole rings is 1. The number of halogens is 3. The standard InChI is InChI=1S/C24H23ClF2N6O5S/c1-35-22-29-23(36-2)31-24(30-22)37-10-18(34)33-7-5-12(6-8-33)21-28-16(11-39-21)15-9-17(38-32-15)19-13(25)3-4-14(26)20(19)27/h3-4,11-12,17H,5-10H2,1-2H3. The fraction of sp³-hybridized carbons (Fsp3) is 0.417. The van der Waals surface area contributed by atoms with Crippen LogP contribution >= 0.6 is 22.9 Å². The summed E-state index contributed by atoms with van der Waals surface area (Å²) in [5.74, 6) is -2.06. The molecule has 0 saturated carbocycles. The van der Waals surface area contributed by atoms with Crippen LogP contribution in [0.25, 0.3) is 0 Å². The van der Waals surface area contributed by atoms with Gasteiger partial charge in [0, 0.05) is 30.8 Å². The summed E-state index contributed by atoms with van der Waals surface area (Å²) in [4.78, 5) is 36.3. The number of hydrogen-bond donors (Lipinski definition) is 0. The summed E-state index contributed by atoms with van der Waals surface area (Å²) >= 11 is 7.58. The largest absolute Gasteiger partial charge is 0.467 e. The highest BCUT2D eigenvalue weighted by atomic mass is 35.5. The summed E-state index contributed by atoms with van der Waals surface area (Å²) in [7, 11) is 2.80. The van der Waals surface area contributed by atoms with E-state index in [1.54, 1.807) is 4.90 Å². The molecule has 206 valence electrons. The van der Waals surface area contributed by atoms with Gasteiger partial charge in [0.25, 0.3) is 5.91 Å². The summed E-state index contributed by atoms with van der Waals surface area (Å²) in [5, 5.41) is 6.91. The van der Waals surface area contributed by atoms with Gasteiger partial charge in [-0.25, -0.2) is 13.8 Å². The van der Waals surface area contributed by atoms with Crippen molar-refractivity contribution >= 4 is 34.6 Å². The van der Waals surface area contributed by atoms with E-state index in [1.165, 1.54) is 31.6 Å². The Morgan fingerprint density at radius 3 is 2.49 bits per heavy atom. The van der Waals surface area contributed by atoms with Crippen LogP contribution in [0.4, 0.5) is 8.78 Å². The van der Waals surface area contributed by atoms with Gasteiger partial charge in [-0.2, -0.15) is 0 Å². The number of ether oxygens (including phenoxy) is 3. The van der Waals surface area contributed by atoms with Gasteiger partial charge in [-0.1, -0.05) is 16.8 Å². The van der Waals surface area contributed by atoms with Gasteiger partial charge in [0.1, 0.15) is 5.71 Å². The van der Waals surface area contributed by atoms with Crippen molar-refractivity contribution in [3.8, 4) is 18.0 Å². The molecule has 1 fully saturated rings. The molecular formula is C24H23ClF2N6O5S. The topological polar surface area (TPSA) is 121 Å². The Labute approximate surface area is 230 Å². The zero-order chi connectivity index (χ0) is 27.5. The summed E-state index contributed by atoms with van der Waals surface area (Å²) in [5.41, 5.74) is 1.11. The zero-order valence-electron chi connectivity index (χ0n) is 20.9. The van der Waals surface area contributed by atoms with Crippen LogP contribution in [0.3, 0.4) is 0 Å². The number of carbonyl (C=O) groups is 1. The summed E-state index contributed by atoms with van der Waals surface area (Å²) < 4.78 is 43.4. The highest BCUT2D eigenvalue weighted by molar-refractivity contribution is 7.10. The molecule has 5 rings (SSSR count). The van der Waals surface area contributed by atoms with Gasteiger partial charge >= 0.3 is 18.0 Å². The van der Waals surface area contributed by atoms with Gasteiger partial charge in [0.15, 0.2) is 24.3 Å². The molecule has 4 heterocycles. The molecular weight excluding hydrogens is 558 g/mol. The van der Waals surface area contributed by atoms with E-state index in [0.29, 0.717) is 24.5 Å². The highest BCUT2D eigenvalue weighted by Crippen LogP contribution is 2.37. The molecule has 0 aliphatic carbocycles. The van der Waals surface area contributed by atoms with Crippen molar-refractivity contribution in [3.63, 3.8) is 0 Å². The van der Waals surface area contributed by atoms with Crippen molar-refractivity contribution < 1.29 is 32.6 Å². The maximum absolute atomic E-state index is 14.3. The van der Waals surface area contributed by atoms with Crippen molar-refractivity contribution in [2.75, 3.05) is 33.9 Å². The number of oxime groups is 1. The third-order valence-electron chi connectivity index (χ3n) is 6.35. The van der Waals surface area contributed by atoms with Gasteiger partial charge < -0.3 is 23.9 Å². The van der Waals surface area contributed by atoms with Crippen LogP contribution < -0.4 is 14.2 Å². The minimum atomic E-state index is -1.04. The van der Waals surface area contributed by atoms with E-state index in [1.807, 2.05) is 5.38 Å². The van der Waals surface area contributed by atoms with E-state index in [2.05, 4.69) is 20.1 Å². The fourth-order valence-corrected chi connectivity index (χ4v) is 5.56. The Balaban J connectivity index is 1.14. The first-order chi connectivity index (χ1) is 18.9. The Morgan fingerprint density at radius 2 is 1.79 bits per heavy atom. The Hall–Kier alpha value is -3.65. The first kappa shape index (κ1) is 26.9. The average Bonchev–Trinajstić information content (AvgIpc) is 3.64. The molecule has 0 bridgehead atoms. The van der Waals surface area contributed by atoms with Crippen molar-refractivity contribution in [3.05, 3.63) is 50.4 Å². The van der Waals surface area contributed by atoms with E-state index in [-0.39, 0.29) is 53.5 Å². The van der Waals surface area contributed by atoms with Gasteiger partial charge in [0.2, 0.25) is 0 Å². The monoisotopic (exact) mass is 580 g/mol. The van der Waals surface area contributed by atoms with Gasteiger partial charge in [-0.3, -0.25) is 4.79 Å². The van der Waals surface area contributed by atoms with Crippen LogP contribution in [0.1, 0.15) is 47.5 Å². The number of amides is 1. The van der Waals surface area contributed by atoms with Crippen LogP contribution in [-0.4, -0.2) is 70.4 Å². The molecule has 39 heavy (non-hydrogen) atoms. The molecule has 15 heteroatoms. The second kappa shape index (κ2) is 11.6. The van der Waals surface area contributed by atoms with E-state index in [9.17, 15) is 13.6 Å². The maximum atomic E-state index is 14.3. The Bertz CT molecular complexity index is 1380. The molecule has 2 aliphatic rings. The molecule has 1 unspecified atom stereocenters. The van der Waals surface area contributed by atoms with E-state index in [0.717, 1.165) is 23.9 Å².